The summed E-state index contributed by atoms with van der Waals surface area (Å²) >= 11 is 0. The molecule has 0 radical (unpaired) electrons. The van der Waals surface area contributed by atoms with Crippen LogP contribution in [0.25, 0.3) is 0 Å². The first-order chi connectivity index (χ1) is 15.3. The molecule has 0 aliphatic carbocycles. The maximum Gasteiger partial charge on any atom is 0.475 e. The van der Waals surface area contributed by atoms with Gasteiger partial charge in [0.05, 0.1) is 37.2 Å². The molecule has 1 amide bonds. The Balaban J connectivity index is 1.63. The molecule has 33 heavy (non-hydrogen) atoms. The van der Waals surface area contributed by atoms with Crippen LogP contribution in [-0.4, -0.2) is 65.9 Å². The number of hydrogen-bond acceptors (Lipinski definition) is 10. The number of nitrogens with zero attached hydrogens (tertiary/aromatic N) is 1. The fourth-order valence-corrected chi connectivity index (χ4v) is 5.59. The average molecular weight is 488 g/mol. The predicted molar refractivity (Wildman–Crippen MR) is 115 cm³/mol. The number of ether oxygens (including phenoxy) is 2. The highest BCUT2D eigenvalue weighted by Crippen LogP contribution is 2.57. The second-order valence-electron chi connectivity index (χ2n) is 9.38. The number of rotatable bonds is 8. The lowest BCUT2D eigenvalue weighted by Gasteiger charge is -2.38. The molecular formula is C21H33N2O9P. The van der Waals surface area contributed by atoms with Crippen LogP contribution in [0.1, 0.15) is 47.5 Å². The van der Waals surface area contributed by atoms with Gasteiger partial charge in [-0.2, -0.15) is 0 Å². The fourth-order valence-electron chi connectivity index (χ4n) is 4.09. The normalized spacial score (nSPS) is 35.3. The summed E-state index contributed by atoms with van der Waals surface area (Å²) in [5.74, 6) is -1.53. The van der Waals surface area contributed by atoms with E-state index in [1.807, 2.05) is 13.8 Å². The molecule has 3 aliphatic heterocycles. The number of amides is 1. The van der Waals surface area contributed by atoms with Crippen molar-refractivity contribution in [3.8, 4) is 0 Å². The predicted octanol–water partition coefficient (Wildman–Crippen LogP) is 1.90. The zero-order chi connectivity index (χ0) is 24.6. The van der Waals surface area contributed by atoms with Crippen molar-refractivity contribution >= 4 is 25.5 Å². The molecule has 6 atom stereocenters. The van der Waals surface area contributed by atoms with Crippen molar-refractivity contribution in [2.75, 3.05) is 13.2 Å². The molecule has 186 valence electrons. The van der Waals surface area contributed by atoms with Gasteiger partial charge in [-0.15, -0.1) is 0 Å². The number of hydrogen-bond donors (Lipinski definition) is 1. The van der Waals surface area contributed by atoms with E-state index in [0.29, 0.717) is 0 Å². The molecule has 0 bridgehead atoms. The molecule has 0 aromatic carbocycles. The molecule has 3 heterocycles. The van der Waals surface area contributed by atoms with Gasteiger partial charge < -0.3 is 15.2 Å². The van der Waals surface area contributed by atoms with Gasteiger partial charge in [-0.1, -0.05) is 13.8 Å². The van der Waals surface area contributed by atoms with E-state index in [2.05, 4.69) is 0 Å². The number of ketones is 1. The van der Waals surface area contributed by atoms with E-state index in [1.165, 1.54) is 17.2 Å². The van der Waals surface area contributed by atoms with Crippen molar-refractivity contribution in [1.29, 1.82) is 0 Å². The second-order valence-corrected chi connectivity index (χ2v) is 11.0. The minimum Gasteiger partial charge on any atom is -0.463 e. The van der Waals surface area contributed by atoms with Crippen molar-refractivity contribution in [3.63, 3.8) is 0 Å². The van der Waals surface area contributed by atoms with E-state index in [-0.39, 0.29) is 49.8 Å². The van der Waals surface area contributed by atoms with Gasteiger partial charge in [-0.25, -0.2) is 4.57 Å². The quantitative estimate of drug-likeness (QED) is 0.306. The Bertz CT molecular complexity index is 857. The third-order valence-corrected chi connectivity index (χ3v) is 7.30. The summed E-state index contributed by atoms with van der Waals surface area (Å²) in [6, 6.07) is 0. The van der Waals surface area contributed by atoms with Crippen LogP contribution in [0.3, 0.4) is 0 Å². The van der Waals surface area contributed by atoms with Gasteiger partial charge in [0.15, 0.2) is 12.0 Å². The van der Waals surface area contributed by atoms with E-state index < -0.39 is 43.6 Å². The van der Waals surface area contributed by atoms with Gasteiger partial charge in [0.2, 0.25) is 5.91 Å². The molecular weight excluding hydrogens is 455 g/mol. The van der Waals surface area contributed by atoms with Gasteiger partial charge in [-0.05, 0) is 39.2 Å². The van der Waals surface area contributed by atoms with Crippen molar-refractivity contribution in [1.82, 2.24) is 4.90 Å². The summed E-state index contributed by atoms with van der Waals surface area (Å²) in [5.41, 5.74) is 5.22. The van der Waals surface area contributed by atoms with Crippen LogP contribution in [0.5, 0.6) is 0 Å². The zero-order valence-corrected chi connectivity index (χ0v) is 20.5. The lowest BCUT2D eigenvalue weighted by Crippen LogP contribution is -2.60. The monoisotopic (exact) mass is 488 g/mol. The largest absolute Gasteiger partial charge is 0.475 e. The SMILES string of the molecule is CC(C)OC(=O)C(CCO[P@]1(=O)OC[C@H]2O[C@@H](N3C=CC(=O)CC3=O)[C@](C)(N)[C@@H]2O1)C(C)C. The number of esters is 1. The lowest BCUT2D eigenvalue weighted by molar-refractivity contribution is -0.154. The standard InChI is InChI=1S/C21H33N2O9P/c1-12(2)15(19(26)30-13(3)4)7-9-28-33(27)29-11-16-18(32-33)21(5,22)20(31-16)23-8-6-14(24)10-17(23)25/h6,8,12-13,15-16,18,20H,7,9-11,22H2,1-5H3/t15?,16-,18-,20-,21-,33-/m1/s1. The van der Waals surface area contributed by atoms with E-state index in [9.17, 15) is 18.9 Å². The smallest absolute Gasteiger partial charge is 0.463 e. The number of phosphoric acid groups is 1. The summed E-state index contributed by atoms with van der Waals surface area (Å²) in [6.45, 7) is 8.79. The van der Waals surface area contributed by atoms with E-state index >= 15 is 0 Å². The van der Waals surface area contributed by atoms with Crippen LogP contribution in [0.4, 0.5) is 0 Å². The van der Waals surface area contributed by atoms with Crippen molar-refractivity contribution in [3.05, 3.63) is 12.3 Å². The van der Waals surface area contributed by atoms with Crippen molar-refractivity contribution < 1.29 is 42.0 Å². The second kappa shape index (κ2) is 9.93. The Morgan fingerprint density at radius 1 is 1.33 bits per heavy atom. The molecule has 0 spiro atoms. The Kier molecular flexibility index (Phi) is 7.82. The van der Waals surface area contributed by atoms with Crippen LogP contribution in [0, 0.1) is 11.8 Å². The van der Waals surface area contributed by atoms with Crippen LogP contribution >= 0.6 is 7.82 Å². The Morgan fingerprint density at radius 3 is 2.64 bits per heavy atom. The molecule has 2 N–H and O–H groups in total. The highest BCUT2D eigenvalue weighted by Gasteiger charge is 2.60. The molecule has 3 rings (SSSR count). The Labute approximate surface area is 193 Å². The first-order valence-corrected chi connectivity index (χ1v) is 12.5. The Hall–Kier alpha value is -1.62. The van der Waals surface area contributed by atoms with Gasteiger partial charge in [0.25, 0.3) is 0 Å². The summed E-state index contributed by atoms with van der Waals surface area (Å²) in [7, 11) is -3.99. The summed E-state index contributed by atoms with van der Waals surface area (Å²) in [5, 5.41) is 0. The highest BCUT2D eigenvalue weighted by molar-refractivity contribution is 7.48. The zero-order valence-electron chi connectivity index (χ0n) is 19.6. The van der Waals surface area contributed by atoms with Crippen LogP contribution in [0.2, 0.25) is 0 Å². The van der Waals surface area contributed by atoms with E-state index in [0.717, 1.165) is 0 Å². The van der Waals surface area contributed by atoms with Crippen LogP contribution in [0.15, 0.2) is 12.3 Å². The van der Waals surface area contributed by atoms with Gasteiger partial charge >= 0.3 is 13.8 Å². The highest BCUT2D eigenvalue weighted by atomic mass is 31.2. The molecule has 0 aromatic rings. The third-order valence-electron chi connectivity index (χ3n) is 5.85. The summed E-state index contributed by atoms with van der Waals surface area (Å²) in [4.78, 5) is 37.4. The molecule has 1 unspecified atom stereocenters. The number of nitrogens with two attached hydrogens (primary N) is 1. The molecule has 3 aliphatic rings. The van der Waals surface area contributed by atoms with Crippen LogP contribution in [-0.2, 0) is 42.0 Å². The van der Waals surface area contributed by atoms with Crippen molar-refractivity contribution in [2.24, 2.45) is 17.6 Å². The number of allylic oxidation sites excluding steroid dienone is 1. The molecule has 0 saturated carbocycles. The lowest BCUT2D eigenvalue weighted by atomic mass is 9.92. The third kappa shape index (κ3) is 5.72. The van der Waals surface area contributed by atoms with Gasteiger partial charge in [0.1, 0.15) is 12.2 Å². The van der Waals surface area contributed by atoms with Gasteiger partial charge in [-0.3, -0.25) is 32.9 Å². The number of fused-ring (bicyclic) bond motifs is 1. The minimum atomic E-state index is -3.99. The maximum absolute atomic E-state index is 13.1. The number of carbonyl (C=O) groups excluding carboxylic acids is 3. The first kappa shape index (κ1) is 26.0. The van der Waals surface area contributed by atoms with E-state index in [4.69, 9.17) is 28.8 Å². The van der Waals surface area contributed by atoms with Crippen molar-refractivity contribution in [2.45, 2.75) is 77.5 Å². The summed E-state index contributed by atoms with van der Waals surface area (Å²) < 4.78 is 40.8. The van der Waals surface area contributed by atoms with Crippen LogP contribution < -0.4 is 5.73 Å². The average Bonchev–Trinajstić information content (AvgIpc) is 2.94. The summed E-state index contributed by atoms with van der Waals surface area (Å²) in [6.07, 6.45) is -0.130. The molecule has 12 heteroatoms. The number of phosphoric ester groups is 1. The first-order valence-electron chi connectivity index (χ1n) is 11.1. The number of carbonyl (C=O) groups is 3. The molecule has 2 fully saturated rings. The topological polar surface area (TPSA) is 144 Å². The minimum absolute atomic E-state index is 0.00306. The van der Waals surface area contributed by atoms with E-state index in [1.54, 1.807) is 20.8 Å². The molecule has 11 nitrogen and oxygen atoms in total. The Morgan fingerprint density at radius 2 is 2.03 bits per heavy atom. The fraction of sp³-hybridized carbons (Fsp3) is 0.762. The molecule has 2 saturated heterocycles. The van der Waals surface area contributed by atoms with Gasteiger partial charge in [0, 0.05) is 6.20 Å². The maximum atomic E-state index is 13.1. The molecule has 0 aromatic heterocycles.